The highest BCUT2D eigenvalue weighted by Crippen LogP contribution is 2.29. The predicted octanol–water partition coefficient (Wildman–Crippen LogP) is 2.78. The van der Waals surface area contributed by atoms with Crippen LogP contribution in [0.4, 0.5) is 11.4 Å². The van der Waals surface area contributed by atoms with Gasteiger partial charge in [-0.05, 0) is 11.6 Å². The van der Waals surface area contributed by atoms with Gasteiger partial charge in [-0.25, -0.2) is 0 Å². The molecule has 6 nitrogen and oxygen atoms in total. The fraction of sp³-hybridized carbons (Fsp3) is 0.200. The molecule has 1 N–H and O–H groups in total. The normalized spacial score (nSPS) is 10.3. The SMILES string of the molecule is CNc1cc(CSc2nncs2)ccc1[N+](=O)[O-]. The molecule has 2 rings (SSSR count). The van der Waals surface area contributed by atoms with E-state index in [1.54, 1.807) is 36.5 Å². The third-order valence-corrected chi connectivity index (χ3v) is 4.16. The van der Waals surface area contributed by atoms with E-state index in [2.05, 4.69) is 15.5 Å². The van der Waals surface area contributed by atoms with Gasteiger partial charge in [0.05, 0.1) is 4.92 Å². The van der Waals surface area contributed by atoms with Gasteiger partial charge in [-0.2, -0.15) is 0 Å². The smallest absolute Gasteiger partial charge is 0.292 e. The topological polar surface area (TPSA) is 81.0 Å². The Bertz CT molecular complexity index is 545. The minimum atomic E-state index is -0.395. The number of nitro groups is 1. The largest absolute Gasteiger partial charge is 0.383 e. The van der Waals surface area contributed by atoms with Crippen LogP contribution in [-0.2, 0) is 5.75 Å². The van der Waals surface area contributed by atoms with Crippen molar-refractivity contribution in [1.82, 2.24) is 10.2 Å². The van der Waals surface area contributed by atoms with Gasteiger partial charge < -0.3 is 5.32 Å². The lowest BCUT2D eigenvalue weighted by Crippen LogP contribution is -1.97. The summed E-state index contributed by atoms with van der Waals surface area (Å²) >= 11 is 3.04. The van der Waals surface area contributed by atoms with Gasteiger partial charge in [0.2, 0.25) is 0 Å². The summed E-state index contributed by atoms with van der Waals surface area (Å²) in [6.45, 7) is 0. The summed E-state index contributed by atoms with van der Waals surface area (Å²) in [5.41, 5.74) is 3.29. The van der Waals surface area contributed by atoms with Gasteiger partial charge in [0.15, 0.2) is 4.34 Å². The molecule has 0 atom stereocenters. The Morgan fingerprint density at radius 2 is 2.39 bits per heavy atom. The minimum absolute atomic E-state index is 0.0853. The molecule has 18 heavy (non-hydrogen) atoms. The molecule has 1 heterocycles. The minimum Gasteiger partial charge on any atom is -0.383 e. The standard InChI is InChI=1S/C10H10N4O2S2/c1-11-8-4-7(2-3-9(8)14(15)16)5-17-10-13-12-6-18-10/h2-4,6,11H,5H2,1H3. The maximum Gasteiger partial charge on any atom is 0.292 e. The molecule has 0 amide bonds. The number of nitro benzene ring substituents is 1. The maximum absolute atomic E-state index is 10.8. The third kappa shape index (κ3) is 2.96. The van der Waals surface area contributed by atoms with Gasteiger partial charge in [-0.15, -0.1) is 10.2 Å². The molecule has 0 spiro atoms. The van der Waals surface area contributed by atoms with Crippen LogP contribution in [-0.4, -0.2) is 22.2 Å². The van der Waals surface area contributed by atoms with Crippen LogP contribution in [0, 0.1) is 10.1 Å². The van der Waals surface area contributed by atoms with E-state index >= 15 is 0 Å². The van der Waals surface area contributed by atoms with E-state index in [-0.39, 0.29) is 5.69 Å². The van der Waals surface area contributed by atoms with E-state index in [4.69, 9.17) is 0 Å². The van der Waals surface area contributed by atoms with Crippen LogP contribution in [0.1, 0.15) is 5.56 Å². The summed E-state index contributed by atoms with van der Waals surface area (Å²) in [4.78, 5) is 10.4. The van der Waals surface area contributed by atoms with Crippen molar-refractivity contribution >= 4 is 34.5 Å². The van der Waals surface area contributed by atoms with Crippen LogP contribution >= 0.6 is 23.1 Å². The van der Waals surface area contributed by atoms with Crippen LogP contribution in [0.5, 0.6) is 0 Å². The number of aromatic nitrogens is 2. The van der Waals surface area contributed by atoms with Crippen molar-refractivity contribution in [3.8, 4) is 0 Å². The average molecular weight is 282 g/mol. The summed E-state index contributed by atoms with van der Waals surface area (Å²) in [6.07, 6.45) is 0. The third-order valence-electron chi connectivity index (χ3n) is 2.23. The summed E-state index contributed by atoms with van der Waals surface area (Å²) in [5, 5.41) is 21.3. The highest BCUT2D eigenvalue weighted by molar-refractivity contribution is 8.00. The van der Waals surface area contributed by atoms with Crippen LogP contribution in [0.3, 0.4) is 0 Å². The molecule has 0 fully saturated rings. The van der Waals surface area contributed by atoms with E-state index in [0.717, 1.165) is 9.90 Å². The zero-order valence-electron chi connectivity index (χ0n) is 9.49. The maximum atomic E-state index is 10.8. The van der Waals surface area contributed by atoms with Gasteiger partial charge >= 0.3 is 0 Å². The fourth-order valence-electron chi connectivity index (χ4n) is 1.40. The molecule has 0 aliphatic carbocycles. The van der Waals surface area contributed by atoms with Crippen molar-refractivity contribution in [3.63, 3.8) is 0 Å². The highest BCUT2D eigenvalue weighted by Gasteiger charge is 2.12. The van der Waals surface area contributed by atoms with Crippen molar-refractivity contribution in [3.05, 3.63) is 39.4 Å². The average Bonchev–Trinajstić information content (AvgIpc) is 2.88. The van der Waals surface area contributed by atoms with E-state index < -0.39 is 4.92 Å². The number of anilines is 1. The lowest BCUT2D eigenvalue weighted by molar-refractivity contribution is -0.383. The van der Waals surface area contributed by atoms with E-state index in [1.165, 1.54) is 17.4 Å². The van der Waals surface area contributed by atoms with Crippen molar-refractivity contribution in [1.29, 1.82) is 0 Å². The Morgan fingerprint density at radius 1 is 1.56 bits per heavy atom. The van der Waals surface area contributed by atoms with Crippen LogP contribution in [0.15, 0.2) is 28.0 Å². The summed E-state index contributed by atoms with van der Waals surface area (Å²) < 4.78 is 0.888. The second-order valence-electron chi connectivity index (χ2n) is 3.35. The second-order valence-corrected chi connectivity index (χ2v) is 5.41. The Hall–Kier alpha value is -1.67. The van der Waals surface area contributed by atoms with Gasteiger partial charge in [0.1, 0.15) is 11.2 Å². The molecular formula is C10H10N4O2S2. The van der Waals surface area contributed by atoms with Gasteiger partial charge in [-0.1, -0.05) is 29.2 Å². The number of thioether (sulfide) groups is 1. The van der Waals surface area contributed by atoms with Gasteiger partial charge in [0, 0.05) is 18.9 Å². The summed E-state index contributed by atoms with van der Waals surface area (Å²) in [7, 11) is 1.67. The zero-order valence-corrected chi connectivity index (χ0v) is 11.1. The summed E-state index contributed by atoms with van der Waals surface area (Å²) in [5.74, 6) is 0.710. The highest BCUT2D eigenvalue weighted by atomic mass is 32.2. The quantitative estimate of drug-likeness (QED) is 0.516. The van der Waals surface area contributed by atoms with E-state index in [1.807, 2.05) is 0 Å². The first-order valence-electron chi connectivity index (χ1n) is 5.04. The number of rotatable bonds is 5. The number of nitrogens with zero attached hydrogens (tertiary/aromatic N) is 3. The number of nitrogens with one attached hydrogen (secondary N) is 1. The Kier molecular flexibility index (Phi) is 4.11. The number of hydrogen-bond acceptors (Lipinski definition) is 7. The molecule has 0 saturated heterocycles. The lowest BCUT2D eigenvalue weighted by Gasteiger charge is -2.04. The predicted molar refractivity (Wildman–Crippen MR) is 72.1 cm³/mol. The monoisotopic (exact) mass is 282 g/mol. The second kappa shape index (κ2) is 5.78. The Morgan fingerprint density at radius 3 is 3.00 bits per heavy atom. The number of hydrogen-bond donors (Lipinski definition) is 1. The zero-order chi connectivity index (χ0) is 13.0. The molecule has 0 radical (unpaired) electrons. The van der Waals surface area contributed by atoms with Crippen LogP contribution < -0.4 is 5.32 Å². The van der Waals surface area contributed by atoms with Gasteiger partial charge in [-0.3, -0.25) is 10.1 Å². The molecule has 94 valence electrons. The fourth-order valence-corrected chi connectivity index (χ4v) is 2.83. The van der Waals surface area contributed by atoms with Crippen LogP contribution in [0.25, 0.3) is 0 Å². The molecule has 0 aliphatic rings. The molecule has 0 aliphatic heterocycles. The van der Waals surface area contributed by atoms with Crippen molar-refractivity contribution < 1.29 is 4.92 Å². The Balaban J connectivity index is 2.12. The first kappa shape index (κ1) is 12.8. The summed E-state index contributed by atoms with van der Waals surface area (Å²) in [6, 6.07) is 5.06. The lowest BCUT2D eigenvalue weighted by atomic mass is 10.2. The molecule has 8 heteroatoms. The molecule has 1 aromatic heterocycles. The number of benzene rings is 1. The van der Waals surface area contributed by atoms with Crippen molar-refractivity contribution in [2.75, 3.05) is 12.4 Å². The molecule has 0 bridgehead atoms. The van der Waals surface area contributed by atoms with Crippen molar-refractivity contribution in [2.24, 2.45) is 0 Å². The van der Waals surface area contributed by atoms with E-state index in [0.29, 0.717) is 11.4 Å². The van der Waals surface area contributed by atoms with E-state index in [9.17, 15) is 10.1 Å². The van der Waals surface area contributed by atoms with Crippen molar-refractivity contribution in [2.45, 2.75) is 10.1 Å². The molecule has 2 aromatic rings. The molecule has 0 saturated carbocycles. The first-order valence-corrected chi connectivity index (χ1v) is 6.91. The molecule has 1 aromatic carbocycles. The van der Waals surface area contributed by atoms with Crippen LogP contribution in [0.2, 0.25) is 0 Å². The van der Waals surface area contributed by atoms with Gasteiger partial charge in [0.25, 0.3) is 5.69 Å². The molecule has 0 unspecified atom stereocenters. The first-order chi connectivity index (χ1) is 8.70. The Labute approximate surface area is 112 Å². The molecular weight excluding hydrogens is 272 g/mol.